The Bertz CT molecular complexity index is 316. The molecule has 2 rings (SSSR count). The molecule has 2 unspecified atom stereocenters. The number of hydrogen-bond acceptors (Lipinski definition) is 3. The summed E-state index contributed by atoms with van der Waals surface area (Å²) in [6.45, 7) is 12.8. The second kappa shape index (κ2) is 6.58. The Morgan fingerprint density at radius 2 is 2.00 bits per heavy atom. The minimum Gasteiger partial charge on any atom is -0.329 e. The average Bonchev–Trinajstić information content (AvgIpc) is 2.60. The number of thioether (sulfide) groups is 1. The predicted octanol–water partition coefficient (Wildman–Crippen LogP) is 3.75. The van der Waals surface area contributed by atoms with Gasteiger partial charge in [0.05, 0.1) is 0 Å². The fourth-order valence-corrected chi connectivity index (χ4v) is 5.27. The van der Waals surface area contributed by atoms with Gasteiger partial charge in [0.2, 0.25) is 0 Å². The molecule has 0 bridgehead atoms. The molecule has 1 saturated carbocycles. The van der Waals surface area contributed by atoms with Crippen LogP contribution in [0.2, 0.25) is 0 Å². The van der Waals surface area contributed by atoms with E-state index in [9.17, 15) is 0 Å². The van der Waals surface area contributed by atoms with Gasteiger partial charge in [0.1, 0.15) is 0 Å². The molecule has 2 N–H and O–H groups in total. The van der Waals surface area contributed by atoms with Gasteiger partial charge in [-0.15, -0.1) is 0 Å². The van der Waals surface area contributed by atoms with Crippen molar-refractivity contribution in [2.75, 3.05) is 25.4 Å². The van der Waals surface area contributed by atoms with Crippen LogP contribution in [0.5, 0.6) is 0 Å². The largest absolute Gasteiger partial charge is 0.329 e. The Morgan fingerprint density at radius 3 is 2.60 bits per heavy atom. The highest BCUT2D eigenvalue weighted by Crippen LogP contribution is 2.40. The molecule has 1 saturated heterocycles. The molecule has 1 heterocycles. The van der Waals surface area contributed by atoms with E-state index in [1.165, 1.54) is 50.9 Å². The second-order valence-electron chi connectivity index (χ2n) is 7.89. The maximum Gasteiger partial charge on any atom is 0.0332 e. The van der Waals surface area contributed by atoms with Crippen LogP contribution in [0.25, 0.3) is 0 Å². The summed E-state index contributed by atoms with van der Waals surface area (Å²) in [5.74, 6) is 3.01. The van der Waals surface area contributed by atoms with E-state index in [0.717, 1.165) is 18.4 Å². The third-order valence-electron chi connectivity index (χ3n) is 5.62. The summed E-state index contributed by atoms with van der Waals surface area (Å²) in [6, 6.07) is 0. The molecule has 118 valence electrons. The Kier molecular flexibility index (Phi) is 5.47. The third-order valence-corrected chi connectivity index (χ3v) is 6.91. The van der Waals surface area contributed by atoms with Crippen molar-refractivity contribution in [2.45, 2.75) is 70.1 Å². The molecule has 2 atom stereocenters. The molecule has 0 amide bonds. The lowest BCUT2D eigenvalue weighted by atomic mass is 9.85. The number of rotatable bonds is 3. The van der Waals surface area contributed by atoms with Crippen LogP contribution in [0.15, 0.2) is 0 Å². The van der Waals surface area contributed by atoms with Crippen LogP contribution >= 0.6 is 11.8 Å². The van der Waals surface area contributed by atoms with Crippen molar-refractivity contribution in [3.8, 4) is 0 Å². The molecule has 1 aliphatic carbocycles. The molecule has 2 fully saturated rings. The van der Waals surface area contributed by atoms with E-state index >= 15 is 0 Å². The zero-order valence-corrected chi connectivity index (χ0v) is 14.8. The molecule has 0 aromatic rings. The fourth-order valence-electron chi connectivity index (χ4n) is 4.15. The molecule has 2 aliphatic rings. The maximum absolute atomic E-state index is 6.30. The summed E-state index contributed by atoms with van der Waals surface area (Å²) in [6.07, 6.45) is 6.77. The van der Waals surface area contributed by atoms with Gasteiger partial charge in [-0.1, -0.05) is 26.7 Å². The first kappa shape index (κ1) is 16.6. The summed E-state index contributed by atoms with van der Waals surface area (Å²) in [4.78, 5) is 2.76. The Hall–Kier alpha value is 0.270. The molecule has 1 aliphatic heterocycles. The van der Waals surface area contributed by atoms with Gasteiger partial charge in [0.15, 0.2) is 0 Å². The number of nitrogens with zero attached hydrogens (tertiary/aromatic N) is 1. The Morgan fingerprint density at radius 1 is 1.25 bits per heavy atom. The summed E-state index contributed by atoms with van der Waals surface area (Å²) < 4.78 is 0.393. The zero-order chi connectivity index (χ0) is 14.8. The van der Waals surface area contributed by atoms with Crippen LogP contribution < -0.4 is 5.73 Å². The van der Waals surface area contributed by atoms with Crippen molar-refractivity contribution in [1.29, 1.82) is 0 Å². The van der Waals surface area contributed by atoms with Crippen LogP contribution in [0.4, 0.5) is 0 Å². The van der Waals surface area contributed by atoms with Crippen LogP contribution in [0, 0.1) is 11.8 Å². The highest BCUT2D eigenvalue weighted by molar-refractivity contribution is 8.00. The first-order valence-corrected chi connectivity index (χ1v) is 9.46. The lowest BCUT2D eigenvalue weighted by Gasteiger charge is -2.49. The molecule has 0 aromatic heterocycles. The zero-order valence-electron chi connectivity index (χ0n) is 14.0. The minimum atomic E-state index is 0.294. The van der Waals surface area contributed by atoms with Crippen molar-refractivity contribution < 1.29 is 0 Å². The van der Waals surface area contributed by atoms with Gasteiger partial charge in [-0.25, -0.2) is 0 Å². The normalized spacial score (nSPS) is 36.0. The van der Waals surface area contributed by atoms with Crippen molar-refractivity contribution in [3.63, 3.8) is 0 Å². The van der Waals surface area contributed by atoms with E-state index in [2.05, 4.69) is 44.4 Å². The Balaban J connectivity index is 2.09. The summed E-state index contributed by atoms with van der Waals surface area (Å²) >= 11 is 2.13. The number of hydrogen-bond donors (Lipinski definition) is 1. The van der Waals surface area contributed by atoms with Crippen LogP contribution in [0.3, 0.4) is 0 Å². The van der Waals surface area contributed by atoms with Crippen molar-refractivity contribution in [2.24, 2.45) is 17.6 Å². The summed E-state index contributed by atoms with van der Waals surface area (Å²) in [7, 11) is 0. The Labute approximate surface area is 130 Å². The predicted molar refractivity (Wildman–Crippen MR) is 91.3 cm³/mol. The molecule has 0 spiro atoms. The van der Waals surface area contributed by atoms with Crippen molar-refractivity contribution in [1.82, 2.24) is 4.90 Å². The average molecular weight is 299 g/mol. The third kappa shape index (κ3) is 3.72. The maximum atomic E-state index is 6.30. The smallest absolute Gasteiger partial charge is 0.0332 e. The number of nitrogens with two attached hydrogens (primary N) is 1. The SMILES string of the molecule is CC(C)C1CCCC(CN)(N2CCSC(C)(C)C2)CC1. The topological polar surface area (TPSA) is 29.3 Å². The molecular formula is C17H34N2S. The van der Waals surface area contributed by atoms with Gasteiger partial charge in [-0.3, -0.25) is 4.90 Å². The molecule has 2 nitrogen and oxygen atoms in total. The van der Waals surface area contributed by atoms with Crippen molar-refractivity contribution >= 4 is 11.8 Å². The van der Waals surface area contributed by atoms with Gasteiger partial charge in [-0.2, -0.15) is 11.8 Å². The van der Waals surface area contributed by atoms with E-state index in [-0.39, 0.29) is 0 Å². The molecule has 20 heavy (non-hydrogen) atoms. The standard InChI is InChI=1S/C17H34N2S/c1-14(2)15-6-5-8-17(12-18,9-7-15)19-10-11-20-16(3,4)13-19/h14-15H,5-13,18H2,1-4H3. The van der Waals surface area contributed by atoms with Crippen LogP contribution in [0.1, 0.15) is 59.8 Å². The highest BCUT2D eigenvalue weighted by Gasteiger charge is 2.41. The van der Waals surface area contributed by atoms with Gasteiger partial charge in [0, 0.05) is 35.7 Å². The lowest BCUT2D eigenvalue weighted by molar-refractivity contribution is 0.0713. The van der Waals surface area contributed by atoms with Gasteiger partial charge in [-0.05, 0) is 44.9 Å². The van der Waals surface area contributed by atoms with Crippen LogP contribution in [-0.4, -0.2) is 40.6 Å². The molecule has 3 heteroatoms. The van der Waals surface area contributed by atoms with Gasteiger partial charge < -0.3 is 5.73 Å². The first-order chi connectivity index (χ1) is 9.38. The quantitative estimate of drug-likeness (QED) is 0.805. The van der Waals surface area contributed by atoms with Gasteiger partial charge in [0.25, 0.3) is 0 Å². The summed E-state index contributed by atoms with van der Waals surface area (Å²) in [5.41, 5.74) is 6.59. The van der Waals surface area contributed by atoms with E-state index in [0.29, 0.717) is 10.3 Å². The van der Waals surface area contributed by atoms with Crippen molar-refractivity contribution in [3.05, 3.63) is 0 Å². The van der Waals surface area contributed by atoms with E-state index in [1.807, 2.05) is 0 Å². The molecule has 0 radical (unpaired) electrons. The monoisotopic (exact) mass is 298 g/mol. The van der Waals surface area contributed by atoms with E-state index in [1.54, 1.807) is 0 Å². The highest BCUT2D eigenvalue weighted by atomic mass is 32.2. The molecular weight excluding hydrogens is 264 g/mol. The first-order valence-electron chi connectivity index (χ1n) is 8.48. The minimum absolute atomic E-state index is 0.294. The molecule has 0 aromatic carbocycles. The van der Waals surface area contributed by atoms with Crippen LogP contribution in [-0.2, 0) is 0 Å². The second-order valence-corrected chi connectivity index (χ2v) is 9.70. The summed E-state index contributed by atoms with van der Waals surface area (Å²) in [5, 5.41) is 0. The van der Waals surface area contributed by atoms with E-state index < -0.39 is 0 Å². The van der Waals surface area contributed by atoms with Gasteiger partial charge >= 0.3 is 0 Å². The lowest BCUT2D eigenvalue weighted by Crippen LogP contribution is -2.59. The fraction of sp³-hybridized carbons (Fsp3) is 1.00. The van der Waals surface area contributed by atoms with E-state index in [4.69, 9.17) is 5.73 Å².